The molecule has 0 spiro atoms. The SMILES string of the molecule is NNc1ncc([N+](=O)[O-])c(NN(c2ccccc2)c2ccccc2)n1. The fraction of sp³-hybridized carbons (Fsp3) is 0. The number of hydrogen-bond donors (Lipinski definition) is 3. The highest BCUT2D eigenvalue weighted by Gasteiger charge is 2.20. The fourth-order valence-corrected chi connectivity index (χ4v) is 2.20. The molecule has 0 radical (unpaired) electrons. The van der Waals surface area contributed by atoms with Crippen LogP contribution in [0.15, 0.2) is 66.9 Å². The van der Waals surface area contributed by atoms with E-state index >= 15 is 0 Å². The molecule has 4 N–H and O–H groups in total. The van der Waals surface area contributed by atoms with Crippen LogP contribution >= 0.6 is 0 Å². The molecule has 0 atom stereocenters. The van der Waals surface area contributed by atoms with Gasteiger partial charge in [0.25, 0.3) is 0 Å². The van der Waals surface area contributed by atoms with E-state index < -0.39 is 4.92 Å². The number of hydrogen-bond acceptors (Lipinski definition) is 8. The van der Waals surface area contributed by atoms with E-state index in [1.54, 1.807) is 5.01 Å². The highest BCUT2D eigenvalue weighted by molar-refractivity contribution is 5.70. The third-order valence-electron chi connectivity index (χ3n) is 3.34. The fourth-order valence-electron chi connectivity index (χ4n) is 2.20. The number of aromatic nitrogens is 2. The molecule has 25 heavy (non-hydrogen) atoms. The summed E-state index contributed by atoms with van der Waals surface area (Å²) in [7, 11) is 0. The van der Waals surface area contributed by atoms with Crippen molar-refractivity contribution < 1.29 is 4.92 Å². The number of nitro groups is 1. The minimum Gasteiger partial charge on any atom is -0.292 e. The van der Waals surface area contributed by atoms with Crippen molar-refractivity contribution >= 4 is 28.8 Å². The minimum atomic E-state index is -0.559. The smallest absolute Gasteiger partial charge is 0.292 e. The van der Waals surface area contributed by atoms with E-state index in [0.29, 0.717) is 0 Å². The van der Waals surface area contributed by atoms with Crippen molar-refractivity contribution in [3.8, 4) is 0 Å². The number of nitrogens with one attached hydrogen (secondary N) is 2. The second-order valence-corrected chi connectivity index (χ2v) is 4.95. The summed E-state index contributed by atoms with van der Waals surface area (Å²) >= 11 is 0. The van der Waals surface area contributed by atoms with Crippen LogP contribution in [0.1, 0.15) is 0 Å². The number of nitrogen functional groups attached to an aromatic ring is 1. The molecule has 1 aromatic heterocycles. The number of nitrogens with two attached hydrogens (primary N) is 1. The molecule has 0 fully saturated rings. The third kappa shape index (κ3) is 3.62. The first-order chi connectivity index (χ1) is 12.2. The van der Waals surface area contributed by atoms with Gasteiger partial charge in [-0.15, -0.1) is 0 Å². The average Bonchev–Trinajstić information content (AvgIpc) is 2.67. The van der Waals surface area contributed by atoms with Crippen molar-refractivity contribution in [2.45, 2.75) is 0 Å². The lowest BCUT2D eigenvalue weighted by Gasteiger charge is -2.25. The van der Waals surface area contributed by atoms with E-state index in [1.807, 2.05) is 60.7 Å². The molecule has 1 heterocycles. The van der Waals surface area contributed by atoms with Crippen LogP contribution in [-0.4, -0.2) is 14.9 Å². The van der Waals surface area contributed by atoms with Crippen molar-refractivity contribution in [2.24, 2.45) is 5.84 Å². The molecule has 3 rings (SSSR count). The monoisotopic (exact) mass is 337 g/mol. The Morgan fingerprint density at radius 2 is 1.56 bits per heavy atom. The number of anilines is 4. The minimum absolute atomic E-state index is 0.0145. The first kappa shape index (κ1) is 16.1. The molecule has 0 aliphatic carbocycles. The Morgan fingerprint density at radius 1 is 1.00 bits per heavy atom. The summed E-state index contributed by atoms with van der Waals surface area (Å²) in [6.07, 6.45) is 1.10. The van der Waals surface area contributed by atoms with E-state index in [9.17, 15) is 10.1 Å². The summed E-state index contributed by atoms with van der Waals surface area (Å²) in [5.41, 5.74) is 6.56. The quantitative estimate of drug-likeness (QED) is 0.356. The maximum Gasteiger partial charge on any atom is 0.331 e. The Bertz CT molecular complexity index is 819. The summed E-state index contributed by atoms with van der Waals surface area (Å²) in [4.78, 5) is 18.6. The van der Waals surface area contributed by atoms with Crippen LogP contribution in [0.3, 0.4) is 0 Å². The van der Waals surface area contributed by atoms with Crippen LogP contribution in [0.25, 0.3) is 0 Å². The molecule has 0 saturated heterocycles. The lowest BCUT2D eigenvalue weighted by atomic mass is 10.2. The van der Waals surface area contributed by atoms with E-state index in [0.717, 1.165) is 17.6 Å². The number of para-hydroxylation sites is 2. The summed E-state index contributed by atoms with van der Waals surface area (Å²) in [5, 5.41) is 13.0. The van der Waals surface area contributed by atoms with Gasteiger partial charge in [-0.2, -0.15) is 4.98 Å². The van der Waals surface area contributed by atoms with Crippen molar-refractivity contribution in [3.05, 3.63) is 77.0 Å². The maximum atomic E-state index is 11.3. The normalized spacial score (nSPS) is 10.1. The molecule has 9 nitrogen and oxygen atoms in total. The lowest BCUT2D eigenvalue weighted by molar-refractivity contribution is -0.384. The average molecular weight is 337 g/mol. The number of hydrazine groups is 2. The standard InChI is InChI=1S/C16H15N7O2/c17-20-16-18-11-14(23(24)25)15(19-16)21-22(12-7-3-1-4-8-12)13-9-5-2-6-10-13/h1-11H,17H2,(H2,18,19,20,21). The highest BCUT2D eigenvalue weighted by atomic mass is 16.6. The second-order valence-electron chi connectivity index (χ2n) is 4.95. The molecule has 0 unspecified atom stereocenters. The summed E-state index contributed by atoms with van der Waals surface area (Å²) < 4.78 is 0. The largest absolute Gasteiger partial charge is 0.331 e. The van der Waals surface area contributed by atoms with Crippen molar-refractivity contribution in [1.82, 2.24) is 9.97 Å². The number of benzene rings is 2. The zero-order valence-electron chi connectivity index (χ0n) is 13.0. The first-order valence-electron chi connectivity index (χ1n) is 7.34. The molecule has 0 aliphatic rings. The zero-order valence-corrected chi connectivity index (χ0v) is 13.0. The van der Waals surface area contributed by atoms with Gasteiger partial charge in [0.15, 0.2) is 0 Å². The van der Waals surface area contributed by atoms with Gasteiger partial charge < -0.3 is 0 Å². The molecule has 0 aliphatic heterocycles. The van der Waals surface area contributed by atoms with Crippen molar-refractivity contribution in [1.29, 1.82) is 0 Å². The van der Waals surface area contributed by atoms with Gasteiger partial charge in [-0.05, 0) is 24.3 Å². The topological polar surface area (TPSA) is 122 Å². The summed E-state index contributed by atoms with van der Waals surface area (Å²) in [6.45, 7) is 0. The molecule has 0 bridgehead atoms. The Hall–Kier alpha value is -3.72. The van der Waals surface area contributed by atoms with Crippen LogP contribution < -0.4 is 21.7 Å². The van der Waals surface area contributed by atoms with Crippen molar-refractivity contribution in [2.75, 3.05) is 15.9 Å². The molecule has 126 valence electrons. The van der Waals surface area contributed by atoms with E-state index in [4.69, 9.17) is 5.84 Å². The molecular formula is C16H15N7O2. The molecular weight excluding hydrogens is 322 g/mol. The third-order valence-corrected chi connectivity index (χ3v) is 3.34. The van der Waals surface area contributed by atoms with Gasteiger partial charge in [0.2, 0.25) is 11.8 Å². The van der Waals surface area contributed by atoms with Crippen LogP contribution in [0.4, 0.5) is 28.8 Å². The Kier molecular flexibility index (Phi) is 4.67. The van der Waals surface area contributed by atoms with Crippen LogP contribution in [-0.2, 0) is 0 Å². The van der Waals surface area contributed by atoms with Gasteiger partial charge in [-0.25, -0.2) is 10.8 Å². The number of nitrogens with zero attached hydrogens (tertiary/aromatic N) is 4. The Labute approximate surface area is 143 Å². The van der Waals surface area contributed by atoms with Gasteiger partial charge in [0.05, 0.1) is 16.3 Å². The molecule has 0 amide bonds. The molecule has 2 aromatic carbocycles. The maximum absolute atomic E-state index is 11.3. The van der Waals surface area contributed by atoms with Crippen LogP contribution in [0.2, 0.25) is 0 Å². The Balaban J connectivity index is 2.06. The predicted octanol–water partition coefficient (Wildman–Crippen LogP) is 2.84. The van der Waals surface area contributed by atoms with Crippen LogP contribution in [0.5, 0.6) is 0 Å². The van der Waals surface area contributed by atoms with Crippen molar-refractivity contribution in [3.63, 3.8) is 0 Å². The predicted molar refractivity (Wildman–Crippen MR) is 95.1 cm³/mol. The lowest BCUT2D eigenvalue weighted by Crippen LogP contribution is -2.26. The highest BCUT2D eigenvalue weighted by Crippen LogP contribution is 2.29. The Morgan fingerprint density at radius 3 is 2.04 bits per heavy atom. The van der Waals surface area contributed by atoms with E-state index in [2.05, 4.69) is 20.8 Å². The van der Waals surface area contributed by atoms with Gasteiger partial charge in [-0.1, -0.05) is 36.4 Å². The van der Waals surface area contributed by atoms with Gasteiger partial charge in [0, 0.05) is 0 Å². The van der Waals surface area contributed by atoms with Gasteiger partial charge in [0.1, 0.15) is 6.20 Å². The second kappa shape index (κ2) is 7.23. The van der Waals surface area contributed by atoms with Crippen LogP contribution in [0, 0.1) is 10.1 Å². The van der Waals surface area contributed by atoms with E-state index in [-0.39, 0.29) is 17.5 Å². The van der Waals surface area contributed by atoms with Gasteiger partial charge >= 0.3 is 5.69 Å². The van der Waals surface area contributed by atoms with E-state index in [1.165, 1.54) is 0 Å². The van der Waals surface area contributed by atoms with Gasteiger partial charge in [-0.3, -0.25) is 26.0 Å². The number of rotatable bonds is 6. The summed E-state index contributed by atoms with van der Waals surface area (Å²) in [6, 6.07) is 18.7. The zero-order chi connectivity index (χ0) is 17.6. The summed E-state index contributed by atoms with van der Waals surface area (Å²) in [5.74, 6) is 5.39. The molecule has 0 saturated carbocycles. The molecule has 3 aromatic rings. The molecule has 9 heteroatoms. The first-order valence-corrected chi connectivity index (χ1v) is 7.34.